The number of nitrogens with one attached hydrogen (secondary N) is 1. The Morgan fingerprint density at radius 3 is 2.65 bits per heavy atom. The van der Waals surface area contributed by atoms with Gasteiger partial charge in [0.15, 0.2) is 0 Å². The summed E-state index contributed by atoms with van der Waals surface area (Å²) in [5.74, 6) is 1.00. The van der Waals surface area contributed by atoms with Crippen LogP contribution in [0.4, 0.5) is 0 Å². The van der Waals surface area contributed by atoms with Gasteiger partial charge in [0.05, 0.1) is 6.04 Å². The summed E-state index contributed by atoms with van der Waals surface area (Å²) in [6.07, 6.45) is 6.84. The van der Waals surface area contributed by atoms with E-state index >= 15 is 0 Å². The third-order valence-corrected chi connectivity index (χ3v) is 5.57. The van der Waals surface area contributed by atoms with E-state index in [2.05, 4.69) is 22.8 Å². The third kappa shape index (κ3) is 3.23. The third-order valence-electron chi connectivity index (χ3n) is 4.61. The standard InChI is InChI=1S/C16H23NO2S/c18-16(13-7-9-19-10-8-13)17-15(12-4-1-2-5-12)14-6-3-11-20-14/h3,6,11-13,15H,1-2,4-5,7-10H2,(H,17,18). The van der Waals surface area contributed by atoms with Gasteiger partial charge in [0, 0.05) is 24.0 Å². The van der Waals surface area contributed by atoms with Crippen molar-refractivity contribution in [2.24, 2.45) is 11.8 Å². The molecule has 1 amide bonds. The fourth-order valence-corrected chi connectivity index (χ4v) is 4.28. The Morgan fingerprint density at radius 1 is 1.25 bits per heavy atom. The zero-order valence-corrected chi connectivity index (χ0v) is 12.7. The van der Waals surface area contributed by atoms with E-state index < -0.39 is 0 Å². The molecule has 3 nitrogen and oxygen atoms in total. The Labute approximate surface area is 124 Å². The number of thiophene rings is 1. The average Bonchev–Trinajstić information content (AvgIpc) is 3.19. The first-order valence-corrected chi connectivity index (χ1v) is 8.64. The van der Waals surface area contributed by atoms with Crippen LogP contribution in [0, 0.1) is 11.8 Å². The minimum Gasteiger partial charge on any atom is -0.381 e. The lowest BCUT2D eigenvalue weighted by molar-refractivity contribution is -0.129. The molecule has 0 aromatic carbocycles. The van der Waals surface area contributed by atoms with E-state index in [4.69, 9.17) is 4.74 Å². The van der Waals surface area contributed by atoms with E-state index in [-0.39, 0.29) is 17.9 Å². The van der Waals surface area contributed by atoms with Crippen LogP contribution >= 0.6 is 11.3 Å². The summed E-state index contributed by atoms with van der Waals surface area (Å²) >= 11 is 1.77. The van der Waals surface area contributed by atoms with Gasteiger partial charge in [0.2, 0.25) is 5.91 Å². The van der Waals surface area contributed by atoms with Crippen LogP contribution in [0.25, 0.3) is 0 Å². The molecule has 1 unspecified atom stereocenters. The van der Waals surface area contributed by atoms with Crippen molar-refractivity contribution in [3.8, 4) is 0 Å². The number of carbonyl (C=O) groups is 1. The lowest BCUT2D eigenvalue weighted by Crippen LogP contribution is -2.38. The summed E-state index contributed by atoms with van der Waals surface area (Å²) in [5.41, 5.74) is 0. The van der Waals surface area contributed by atoms with Crippen molar-refractivity contribution < 1.29 is 9.53 Å². The fourth-order valence-electron chi connectivity index (χ4n) is 3.41. The molecular formula is C16H23NO2S. The van der Waals surface area contributed by atoms with Crippen molar-refractivity contribution >= 4 is 17.2 Å². The summed E-state index contributed by atoms with van der Waals surface area (Å²) in [4.78, 5) is 13.8. The first kappa shape index (κ1) is 14.1. The van der Waals surface area contributed by atoms with Crippen LogP contribution in [0.1, 0.15) is 49.4 Å². The molecule has 1 N–H and O–H groups in total. The summed E-state index contributed by atoms with van der Waals surface area (Å²) in [7, 11) is 0. The van der Waals surface area contributed by atoms with Crippen LogP contribution in [0.2, 0.25) is 0 Å². The molecule has 1 saturated carbocycles. The van der Waals surface area contributed by atoms with E-state index in [1.165, 1.54) is 30.6 Å². The predicted molar refractivity (Wildman–Crippen MR) is 80.7 cm³/mol. The number of hydrogen-bond acceptors (Lipinski definition) is 3. The summed E-state index contributed by atoms with van der Waals surface area (Å²) in [5, 5.41) is 5.46. The molecule has 2 heterocycles. The van der Waals surface area contributed by atoms with Gasteiger partial charge in [-0.15, -0.1) is 11.3 Å². The highest BCUT2D eigenvalue weighted by Gasteiger charge is 2.31. The molecule has 20 heavy (non-hydrogen) atoms. The van der Waals surface area contributed by atoms with E-state index in [1.54, 1.807) is 11.3 Å². The highest BCUT2D eigenvalue weighted by molar-refractivity contribution is 7.10. The van der Waals surface area contributed by atoms with E-state index in [9.17, 15) is 4.79 Å². The lowest BCUT2D eigenvalue weighted by Gasteiger charge is -2.28. The first-order chi connectivity index (χ1) is 9.84. The molecule has 2 aliphatic rings. The van der Waals surface area contributed by atoms with E-state index in [0.717, 1.165) is 26.1 Å². The molecule has 0 spiro atoms. The largest absolute Gasteiger partial charge is 0.381 e. The van der Waals surface area contributed by atoms with E-state index in [1.807, 2.05) is 0 Å². The molecule has 1 atom stereocenters. The van der Waals surface area contributed by atoms with Crippen LogP contribution in [-0.2, 0) is 9.53 Å². The van der Waals surface area contributed by atoms with Gasteiger partial charge >= 0.3 is 0 Å². The number of amides is 1. The molecule has 1 aliphatic heterocycles. The summed E-state index contributed by atoms with van der Waals surface area (Å²) in [6.45, 7) is 1.45. The number of hydrogen-bond donors (Lipinski definition) is 1. The second-order valence-electron chi connectivity index (χ2n) is 5.93. The molecule has 110 valence electrons. The Bertz CT molecular complexity index is 420. The Hall–Kier alpha value is -0.870. The quantitative estimate of drug-likeness (QED) is 0.922. The maximum Gasteiger partial charge on any atom is 0.223 e. The minimum atomic E-state index is 0.146. The molecule has 4 heteroatoms. The molecule has 1 aromatic heterocycles. The summed E-state index contributed by atoms with van der Waals surface area (Å²) in [6, 6.07) is 4.48. The van der Waals surface area contributed by atoms with Gasteiger partial charge in [-0.3, -0.25) is 4.79 Å². The zero-order valence-electron chi connectivity index (χ0n) is 11.8. The van der Waals surface area contributed by atoms with Gasteiger partial charge in [-0.2, -0.15) is 0 Å². The summed E-state index contributed by atoms with van der Waals surface area (Å²) < 4.78 is 5.35. The number of carbonyl (C=O) groups excluding carboxylic acids is 1. The van der Waals surface area contributed by atoms with Gasteiger partial charge in [-0.05, 0) is 43.0 Å². The molecule has 0 bridgehead atoms. The van der Waals surface area contributed by atoms with Gasteiger partial charge < -0.3 is 10.1 Å². The zero-order chi connectivity index (χ0) is 13.8. The number of ether oxygens (including phenoxy) is 1. The Balaban J connectivity index is 1.67. The molecule has 3 rings (SSSR count). The van der Waals surface area contributed by atoms with Crippen molar-refractivity contribution in [1.29, 1.82) is 0 Å². The molecule has 0 radical (unpaired) electrons. The fraction of sp³-hybridized carbons (Fsp3) is 0.688. The number of rotatable bonds is 4. The monoisotopic (exact) mass is 293 g/mol. The van der Waals surface area contributed by atoms with Gasteiger partial charge in [0.25, 0.3) is 0 Å². The maximum absolute atomic E-state index is 12.5. The Kier molecular flexibility index (Phi) is 4.73. The van der Waals surface area contributed by atoms with Gasteiger partial charge in [-0.25, -0.2) is 0 Å². The second kappa shape index (κ2) is 6.72. The van der Waals surface area contributed by atoms with Crippen molar-refractivity contribution in [1.82, 2.24) is 5.32 Å². The van der Waals surface area contributed by atoms with E-state index in [0.29, 0.717) is 5.92 Å². The molecule has 1 saturated heterocycles. The molecule has 2 fully saturated rings. The van der Waals surface area contributed by atoms with Crippen molar-refractivity contribution in [2.75, 3.05) is 13.2 Å². The lowest BCUT2D eigenvalue weighted by atomic mass is 9.94. The van der Waals surface area contributed by atoms with Crippen LogP contribution in [0.3, 0.4) is 0 Å². The van der Waals surface area contributed by atoms with Crippen LogP contribution in [0.5, 0.6) is 0 Å². The molecule has 1 aliphatic carbocycles. The van der Waals surface area contributed by atoms with Crippen molar-refractivity contribution in [2.45, 2.75) is 44.6 Å². The highest BCUT2D eigenvalue weighted by Crippen LogP contribution is 2.37. The Morgan fingerprint density at radius 2 is 2.00 bits per heavy atom. The van der Waals surface area contributed by atoms with Crippen LogP contribution in [-0.4, -0.2) is 19.1 Å². The molecular weight excluding hydrogens is 270 g/mol. The van der Waals surface area contributed by atoms with Crippen LogP contribution < -0.4 is 5.32 Å². The van der Waals surface area contributed by atoms with Crippen molar-refractivity contribution in [3.05, 3.63) is 22.4 Å². The highest BCUT2D eigenvalue weighted by atomic mass is 32.1. The SMILES string of the molecule is O=C(NC(c1cccs1)C1CCCC1)C1CCOCC1. The predicted octanol–water partition coefficient (Wildman–Crippen LogP) is 3.52. The average molecular weight is 293 g/mol. The maximum atomic E-state index is 12.5. The topological polar surface area (TPSA) is 38.3 Å². The van der Waals surface area contributed by atoms with Gasteiger partial charge in [-0.1, -0.05) is 18.9 Å². The van der Waals surface area contributed by atoms with Gasteiger partial charge in [0.1, 0.15) is 0 Å². The van der Waals surface area contributed by atoms with Crippen molar-refractivity contribution in [3.63, 3.8) is 0 Å². The normalized spacial score (nSPS) is 22.8. The second-order valence-corrected chi connectivity index (χ2v) is 6.91. The smallest absolute Gasteiger partial charge is 0.223 e. The van der Waals surface area contributed by atoms with Crippen LogP contribution in [0.15, 0.2) is 17.5 Å². The first-order valence-electron chi connectivity index (χ1n) is 7.76. The minimum absolute atomic E-state index is 0.146. The molecule has 1 aromatic rings.